The number of carbonyl (C=O) groups is 1. The Labute approximate surface area is 133 Å². The lowest BCUT2D eigenvalue weighted by Gasteiger charge is -2.29. The second-order valence-corrected chi connectivity index (χ2v) is 6.20. The van der Waals surface area contributed by atoms with Gasteiger partial charge in [0.1, 0.15) is 5.75 Å². The predicted octanol–water partition coefficient (Wildman–Crippen LogP) is 2.95. The molecular weight excluding hydrogens is 276 g/mol. The van der Waals surface area contributed by atoms with Crippen LogP contribution in [-0.4, -0.2) is 30.5 Å². The van der Waals surface area contributed by atoms with Gasteiger partial charge in [-0.05, 0) is 31.7 Å². The summed E-state index contributed by atoms with van der Waals surface area (Å²) in [6.45, 7) is 3.18. The van der Waals surface area contributed by atoms with Gasteiger partial charge in [-0.3, -0.25) is 4.79 Å². The van der Waals surface area contributed by atoms with Crippen molar-refractivity contribution in [1.29, 1.82) is 0 Å². The topological polar surface area (TPSA) is 55.6 Å². The average molecular weight is 304 g/mol. The number of amides is 1. The molecule has 2 rings (SSSR count). The van der Waals surface area contributed by atoms with Crippen molar-refractivity contribution >= 4 is 5.91 Å². The van der Waals surface area contributed by atoms with E-state index in [0.29, 0.717) is 25.5 Å². The van der Waals surface area contributed by atoms with Gasteiger partial charge in [-0.2, -0.15) is 0 Å². The molecule has 0 aliphatic heterocycles. The Bertz CT molecular complexity index is 490. The number of para-hydroxylation sites is 1. The monoisotopic (exact) mass is 304 g/mol. The van der Waals surface area contributed by atoms with E-state index in [4.69, 9.17) is 10.5 Å². The third-order valence-corrected chi connectivity index (χ3v) is 4.51. The van der Waals surface area contributed by atoms with Gasteiger partial charge in [0, 0.05) is 31.6 Å². The molecule has 4 nitrogen and oxygen atoms in total. The van der Waals surface area contributed by atoms with Crippen molar-refractivity contribution in [3.05, 3.63) is 29.8 Å². The summed E-state index contributed by atoms with van der Waals surface area (Å²) < 4.78 is 5.63. The quantitative estimate of drug-likeness (QED) is 0.879. The molecule has 1 saturated carbocycles. The smallest absolute Gasteiger partial charge is 0.222 e. The summed E-state index contributed by atoms with van der Waals surface area (Å²) >= 11 is 0. The fraction of sp³-hybridized carbons (Fsp3) is 0.611. The van der Waals surface area contributed by atoms with Gasteiger partial charge < -0.3 is 15.4 Å². The predicted molar refractivity (Wildman–Crippen MR) is 88.6 cm³/mol. The second kappa shape index (κ2) is 8.18. The highest BCUT2D eigenvalue weighted by Crippen LogP contribution is 2.27. The van der Waals surface area contributed by atoms with Gasteiger partial charge in [0.2, 0.25) is 5.91 Å². The summed E-state index contributed by atoms with van der Waals surface area (Å²) in [4.78, 5) is 14.3. The van der Waals surface area contributed by atoms with E-state index >= 15 is 0 Å². The zero-order valence-corrected chi connectivity index (χ0v) is 13.8. The fourth-order valence-corrected chi connectivity index (χ4v) is 3.14. The number of hydrogen-bond donors (Lipinski definition) is 1. The van der Waals surface area contributed by atoms with E-state index in [2.05, 4.69) is 0 Å². The lowest BCUT2D eigenvalue weighted by atomic mass is 9.83. The Morgan fingerprint density at radius 3 is 2.77 bits per heavy atom. The normalized spacial score (nSPS) is 21.4. The van der Waals surface area contributed by atoms with Gasteiger partial charge in [-0.15, -0.1) is 0 Å². The minimum Gasteiger partial charge on any atom is -0.494 e. The lowest BCUT2D eigenvalue weighted by Crippen LogP contribution is -2.37. The van der Waals surface area contributed by atoms with Crippen LogP contribution in [0.1, 0.15) is 44.6 Å². The molecular formula is C18H28N2O2. The van der Waals surface area contributed by atoms with Crippen LogP contribution in [-0.2, 0) is 11.3 Å². The largest absolute Gasteiger partial charge is 0.494 e. The summed E-state index contributed by atoms with van der Waals surface area (Å²) in [7, 11) is 1.86. The van der Waals surface area contributed by atoms with E-state index in [1.807, 2.05) is 38.2 Å². The summed E-state index contributed by atoms with van der Waals surface area (Å²) in [6, 6.07) is 8.08. The number of ether oxygens (including phenoxy) is 1. The Hall–Kier alpha value is -1.55. The maximum absolute atomic E-state index is 12.5. The first-order chi connectivity index (χ1) is 10.6. The van der Waals surface area contributed by atoms with Crippen LogP contribution in [0.4, 0.5) is 0 Å². The summed E-state index contributed by atoms with van der Waals surface area (Å²) in [6.07, 6.45) is 5.09. The first-order valence-electron chi connectivity index (χ1n) is 8.32. The lowest BCUT2D eigenvalue weighted by molar-refractivity contribution is -0.131. The summed E-state index contributed by atoms with van der Waals surface area (Å²) in [5, 5.41) is 0. The second-order valence-electron chi connectivity index (χ2n) is 6.20. The minimum absolute atomic E-state index is 0.175. The van der Waals surface area contributed by atoms with Crippen molar-refractivity contribution in [2.24, 2.45) is 11.7 Å². The molecule has 2 atom stereocenters. The molecule has 0 bridgehead atoms. The molecule has 122 valence electrons. The highest BCUT2D eigenvalue weighted by atomic mass is 16.5. The minimum atomic E-state index is 0.175. The zero-order chi connectivity index (χ0) is 15.9. The first-order valence-corrected chi connectivity index (χ1v) is 8.32. The van der Waals surface area contributed by atoms with Crippen molar-refractivity contribution in [3.8, 4) is 5.75 Å². The molecule has 0 spiro atoms. The highest BCUT2D eigenvalue weighted by molar-refractivity contribution is 5.76. The van der Waals surface area contributed by atoms with Crippen LogP contribution in [0.25, 0.3) is 0 Å². The molecule has 1 amide bonds. The number of carbonyl (C=O) groups excluding carboxylic acids is 1. The van der Waals surface area contributed by atoms with Gasteiger partial charge in [0.25, 0.3) is 0 Å². The van der Waals surface area contributed by atoms with Crippen LogP contribution in [0.15, 0.2) is 24.3 Å². The van der Waals surface area contributed by atoms with E-state index in [-0.39, 0.29) is 11.9 Å². The van der Waals surface area contributed by atoms with Gasteiger partial charge in [0.05, 0.1) is 6.61 Å². The third-order valence-electron chi connectivity index (χ3n) is 4.51. The maximum atomic E-state index is 12.5. The first kappa shape index (κ1) is 16.8. The molecule has 1 aliphatic rings. The Balaban J connectivity index is 1.93. The van der Waals surface area contributed by atoms with Crippen LogP contribution in [0, 0.1) is 5.92 Å². The Morgan fingerprint density at radius 1 is 1.32 bits per heavy atom. The molecule has 1 aliphatic carbocycles. The molecule has 0 radical (unpaired) electrons. The molecule has 1 aromatic carbocycles. The van der Waals surface area contributed by atoms with Crippen molar-refractivity contribution in [2.75, 3.05) is 13.7 Å². The van der Waals surface area contributed by atoms with Crippen LogP contribution in [0.5, 0.6) is 5.75 Å². The van der Waals surface area contributed by atoms with Crippen LogP contribution >= 0.6 is 0 Å². The molecule has 1 fully saturated rings. The standard InChI is InChI=1S/C18H28N2O2/c1-3-22-17-11-7-5-9-15(17)13-20(2)18(21)12-14-8-4-6-10-16(14)19/h5,7,9,11,14,16H,3-4,6,8,10,12-13,19H2,1-2H3. The van der Waals surface area contributed by atoms with E-state index in [1.54, 1.807) is 4.90 Å². The van der Waals surface area contributed by atoms with Gasteiger partial charge in [-0.1, -0.05) is 31.0 Å². The maximum Gasteiger partial charge on any atom is 0.222 e. The molecule has 0 saturated heterocycles. The third kappa shape index (κ3) is 4.47. The number of nitrogens with two attached hydrogens (primary N) is 1. The average Bonchev–Trinajstić information content (AvgIpc) is 2.51. The summed E-state index contributed by atoms with van der Waals surface area (Å²) in [5.41, 5.74) is 7.20. The van der Waals surface area contributed by atoms with Crippen molar-refractivity contribution in [2.45, 2.75) is 51.6 Å². The molecule has 4 heteroatoms. The molecule has 22 heavy (non-hydrogen) atoms. The molecule has 1 aromatic rings. The van der Waals surface area contributed by atoms with E-state index in [0.717, 1.165) is 24.2 Å². The number of rotatable bonds is 6. The zero-order valence-electron chi connectivity index (χ0n) is 13.8. The Kier molecular flexibility index (Phi) is 6.25. The molecule has 2 N–H and O–H groups in total. The van der Waals surface area contributed by atoms with Crippen LogP contribution in [0.3, 0.4) is 0 Å². The summed E-state index contributed by atoms with van der Waals surface area (Å²) in [5.74, 6) is 1.37. The molecule has 2 unspecified atom stereocenters. The van der Waals surface area contributed by atoms with E-state index in [9.17, 15) is 4.79 Å². The SMILES string of the molecule is CCOc1ccccc1CN(C)C(=O)CC1CCCCC1N. The van der Waals surface area contributed by atoms with Crippen LogP contribution < -0.4 is 10.5 Å². The van der Waals surface area contributed by atoms with Crippen molar-refractivity contribution in [1.82, 2.24) is 4.90 Å². The van der Waals surface area contributed by atoms with Gasteiger partial charge in [-0.25, -0.2) is 0 Å². The van der Waals surface area contributed by atoms with Gasteiger partial charge in [0.15, 0.2) is 0 Å². The van der Waals surface area contributed by atoms with Gasteiger partial charge >= 0.3 is 0 Å². The van der Waals surface area contributed by atoms with Crippen molar-refractivity contribution < 1.29 is 9.53 Å². The van der Waals surface area contributed by atoms with Crippen LogP contribution in [0.2, 0.25) is 0 Å². The molecule has 0 aromatic heterocycles. The van der Waals surface area contributed by atoms with E-state index in [1.165, 1.54) is 12.8 Å². The number of hydrogen-bond acceptors (Lipinski definition) is 3. The Morgan fingerprint density at radius 2 is 2.05 bits per heavy atom. The molecule has 0 heterocycles. The number of benzene rings is 1. The number of nitrogens with zero attached hydrogens (tertiary/aromatic N) is 1. The van der Waals surface area contributed by atoms with E-state index < -0.39 is 0 Å². The fourth-order valence-electron chi connectivity index (χ4n) is 3.14. The van der Waals surface area contributed by atoms with Crippen molar-refractivity contribution in [3.63, 3.8) is 0 Å². The highest BCUT2D eigenvalue weighted by Gasteiger charge is 2.25.